The summed E-state index contributed by atoms with van der Waals surface area (Å²) in [4.78, 5) is 18.3. The average Bonchev–Trinajstić information content (AvgIpc) is 3.00. The molecule has 0 saturated carbocycles. The molecule has 23 heavy (non-hydrogen) atoms. The molecule has 0 aliphatic carbocycles. The highest BCUT2D eigenvalue weighted by Gasteiger charge is 2.36. The van der Waals surface area contributed by atoms with E-state index in [4.69, 9.17) is 9.26 Å². The molecule has 6 nitrogen and oxygen atoms in total. The molecule has 0 bridgehead atoms. The van der Waals surface area contributed by atoms with Gasteiger partial charge in [-0.15, -0.1) is 0 Å². The van der Waals surface area contributed by atoms with Crippen LogP contribution in [0.4, 0.5) is 0 Å². The van der Waals surface area contributed by atoms with Gasteiger partial charge in [0.05, 0.1) is 6.54 Å². The molecule has 3 rings (SSSR count). The largest absolute Gasteiger partial charge is 0.375 e. The van der Waals surface area contributed by atoms with Crippen LogP contribution in [0.2, 0.25) is 0 Å². The number of likely N-dealkylation sites (tertiary alicyclic amines) is 1. The third-order valence-corrected chi connectivity index (χ3v) is 4.36. The van der Waals surface area contributed by atoms with E-state index in [0.29, 0.717) is 31.2 Å². The Morgan fingerprint density at radius 3 is 2.87 bits per heavy atom. The zero-order valence-corrected chi connectivity index (χ0v) is 13.5. The predicted octanol–water partition coefficient (Wildman–Crippen LogP) is 2.30. The Balaban J connectivity index is 1.74. The normalized spacial score (nSPS) is 21.7. The number of carbonyl (C=O) groups is 1. The van der Waals surface area contributed by atoms with E-state index in [1.165, 1.54) is 5.56 Å². The van der Waals surface area contributed by atoms with Crippen molar-refractivity contribution in [3.8, 4) is 0 Å². The molecule has 122 valence electrons. The standard InChI is InChI=1S/C17H21N3O3/c1-17(13-6-4-3-5-7-13)9-8-16(21)20(12-17)10-14-18-15(11-22-2)23-19-14/h3-7H,8-12H2,1-2H3/t17-/m0/s1. The molecule has 1 aromatic carbocycles. The third-order valence-electron chi connectivity index (χ3n) is 4.36. The Morgan fingerprint density at radius 1 is 1.35 bits per heavy atom. The number of methoxy groups -OCH3 is 1. The molecule has 1 saturated heterocycles. The van der Waals surface area contributed by atoms with Crippen molar-refractivity contribution >= 4 is 5.91 Å². The van der Waals surface area contributed by atoms with Crippen LogP contribution in [0.25, 0.3) is 0 Å². The molecule has 1 amide bonds. The van der Waals surface area contributed by atoms with Gasteiger partial charge in [0.25, 0.3) is 5.89 Å². The summed E-state index contributed by atoms with van der Waals surface area (Å²) in [5.74, 6) is 1.08. The van der Waals surface area contributed by atoms with Gasteiger partial charge in [-0.3, -0.25) is 4.79 Å². The Kier molecular flexibility index (Phi) is 4.43. The van der Waals surface area contributed by atoms with E-state index < -0.39 is 0 Å². The van der Waals surface area contributed by atoms with Crippen molar-refractivity contribution in [3.05, 3.63) is 47.6 Å². The van der Waals surface area contributed by atoms with E-state index in [0.717, 1.165) is 6.42 Å². The summed E-state index contributed by atoms with van der Waals surface area (Å²) < 4.78 is 10.1. The molecule has 1 fully saturated rings. The second-order valence-corrected chi connectivity index (χ2v) is 6.21. The first-order valence-corrected chi connectivity index (χ1v) is 7.74. The lowest BCUT2D eigenvalue weighted by Gasteiger charge is -2.40. The van der Waals surface area contributed by atoms with Gasteiger partial charge in [-0.2, -0.15) is 4.98 Å². The van der Waals surface area contributed by atoms with Gasteiger partial charge in [0.15, 0.2) is 5.82 Å². The van der Waals surface area contributed by atoms with Gasteiger partial charge in [-0.25, -0.2) is 0 Å². The van der Waals surface area contributed by atoms with Gasteiger partial charge in [-0.1, -0.05) is 42.4 Å². The summed E-state index contributed by atoms with van der Waals surface area (Å²) in [7, 11) is 1.57. The smallest absolute Gasteiger partial charge is 0.252 e. The van der Waals surface area contributed by atoms with Crippen molar-refractivity contribution in [3.63, 3.8) is 0 Å². The van der Waals surface area contributed by atoms with Crippen molar-refractivity contribution in [2.75, 3.05) is 13.7 Å². The highest BCUT2D eigenvalue weighted by atomic mass is 16.5. The summed E-state index contributed by atoms with van der Waals surface area (Å²) >= 11 is 0. The average molecular weight is 315 g/mol. The molecule has 2 heterocycles. The number of rotatable bonds is 5. The number of aromatic nitrogens is 2. The summed E-state index contributed by atoms with van der Waals surface area (Å²) in [6.45, 7) is 3.51. The maximum absolute atomic E-state index is 12.3. The minimum absolute atomic E-state index is 0.0474. The molecule has 2 aromatic rings. The zero-order valence-electron chi connectivity index (χ0n) is 13.5. The molecule has 1 aromatic heterocycles. The maximum Gasteiger partial charge on any atom is 0.252 e. The molecular weight excluding hydrogens is 294 g/mol. The van der Waals surface area contributed by atoms with E-state index in [9.17, 15) is 4.79 Å². The fraction of sp³-hybridized carbons (Fsp3) is 0.471. The lowest BCUT2D eigenvalue weighted by atomic mass is 9.76. The molecule has 1 atom stereocenters. The van der Waals surface area contributed by atoms with Crippen molar-refractivity contribution in [2.24, 2.45) is 0 Å². The van der Waals surface area contributed by atoms with Gasteiger partial charge in [0, 0.05) is 25.5 Å². The fourth-order valence-electron chi connectivity index (χ4n) is 3.06. The SMILES string of the molecule is COCc1nc(CN2C[C@@](C)(c3ccccc3)CCC2=O)no1. The second-order valence-electron chi connectivity index (χ2n) is 6.21. The number of nitrogens with zero attached hydrogens (tertiary/aromatic N) is 3. The van der Waals surface area contributed by atoms with Crippen LogP contribution in [0.5, 0.6) is 0 Å². The summed E-state index contributed by atoms with van der Waals surface area (Å²) in [6.07, 6.45) is 1.39. The quantitative estimate of drug-likeness (QED) is 0.847. The van der Waals surface area contributed by atoms with E-state index in [1.807, 2.05) is 23.1 Å². The number of ether oxygens (including phenoxy) is 1. The molecule has 1 aliphatic rings. The minimum Gasteiger partial charge on any atom is -0.375 e. The van der Waals surface area contributed by atoms with Crippen molar-refractivity contribution in [1.29, 1.82) is 0 Å². The Morgan fingerprint density at radius 2 is 2.13 bits per heavy atom. The first kappa shape index (κ1) is 15.7. The van der Waals surface area contributed by atoms with Crippen molar-refractivity contribution in [2.45, 2.75) is 38.3 Å². The van der Waals surface area contributed by atoms with Crippen LogP contribution < -0.4 is 0 Å². The lowest BCUT2D eigenvalue weighted by Crippen LogP contribution is -2.47. The van der Waals surface area contributed by atoms with Gasteiger partial charge >= 0.3 is 0 Å². The van der Waals surface area contributed by atoms with Gasteiger partial charge in [0.2, 0.25) is 5.91 Å². The van der Waals surface area contributed by atoms with Crippen LogP contribution in [-0.2, 0) is 28.1 Å². The topological polar surface area (TPSA) is 68.5 Å². The van der Waals surface area contributed by atoms with Crippen LogP contribution in [0.15, 0.2) is 34.9 Å². The minimum atomic E-state index is -0.0474. The fourth-order valence-corrected chi connectivity index (χ4v) is 3.06. The molecule has 6 heteroatoms. The maximum atomic E-state index is 12.3. The van der Waals surface area contributed by atoms with E-state index in [-0.39, 0.29) is 17.9 Å². The molecule has 1 aliphatic heterocycles. The van der Waals surface area contributed by atoms with Crippen LogP contribution in [0, 0.1) is 0 Å². The number of piperidine rings is 1. The Hall–Kier alpha value is -2.21. The molecule has 0 unspecified atom stereocenters. The summed E-state index contributed by atoms with van der Waals surface area (Å²) in [5.41, 5.74) is 1.21. The van der Waals surface area contributed by atoms with Gasteiger partial charge in [0.1, 0.15) is 6.61 Å². The van der Waals surface area contributed by atoms with E-state index in [2.05, 4.69) is 29.2 Å². The van der Waals surface area contributed by atoms with Crippen LogP contribution >= 0.6 is 0 Å². The zero-order chi connectivity index (χ0) is 16.3. The van der Waals surface area contributed by atoms with Crippen molar-refractivity contribution < 1.29 is 14.1 Å². The summed E-state index contributed by atoms with van der Waals surface area (Å²) in [6, 6.07) is 10.3. The number of hydrogen-bond donors (Lipinski definition) is 0. The number of benzene rings is 1. The molecule has 0 spiro atoms. The van der Waals surface area contributed by atoms with Crippen LogP contribution in [-0.4, -0.2) is 34.6 Å². The van der Waals surface area contributed by atoms with E-state index in [1.54, 1.807) is 7.11 Å². The third kappa shape index (κ3) is 3.42. The molecular formula is C17H21N3O3. The van der Waals surface area contributed by atoms with Crippen LogP contribution in [0.3, 0.4) is 0 Å². The van der Waals surface area contributed by atoms with Crippen LogP contribution in [0.1, 0.15) is 37.0 Å². The number of hydrogen-bond acceptors (Lipinski definition) is 5. The second kappa shape index (κ2) is 6.50. The van der Waals surface area contributed by atoms with Gasteiger partial charge < -0.3 is 14.2 Å². The molecule has 0 radical (unpaired) electrons. The van der Waals surface area contributed by atoms with Gasteiger partial charge in [-0.05, 0) is 12.0 Å². The summed E-state index contributed by atoms with van der Waals surface area (Å²) in [5, 5.41) is 3.92. The first-order chi connectivity index (χ1) is 11.1. The Bertz CT molecular complexity index is 671. The highest BCUT2D eigenvalue weighted by Crippen LogP contribution is 2.34. The number of carbonyl (C=O) groups excluding carboxylic acids is 1. The van der Waals surface area contributed by atoms with Crippen molar-refractivity contribution in [1.82, 2.24) is 15.0 Å². The predicted molar refractivity (Wildman–Crippen MR) is 83.5 cm³/mol. The Labute approximate surface area is 135 Å². The number of amides is 1. The lowest BCUT2D eigenvalue weighted by molar-refractivity contribution is -0.136. The highest BCUT2D eigenvalue weighted by molar-refractivity contribution is 5.77. The van der Waals surface area contributed by atoms with E-state index >= 15 is 0 Å². The monoisotopic (exact) mass is 315 g/mol. The molecule has 0 N–H and O–H groups in total. The first-order valence-electron chi connectivity index (χ1n) is 7.74.